The fraction of sp³-hybridized carbons (Fsp3) is 0.0286. The van der Waals surface area contributed by atoms with Crippen LogP contribution in [-0.2, 0) is 7.05 Å². The summed E-state index contributed by atoms with van der Waals surface area (Å²) < 4.78 is 4.57. The van der Waals surface area contributed by atoms with Crippen molar-refractivity contribution in [2.75, 3.05) is 0 Å². The van der Waals surface area contributed by atoms with E-state index in [4.69, 9.17) is 4.98 Å². The van der Waals surface area contributed by atoms with Crippen LogP contribution in [0.3, 0.4) is 0 Å². The Morgan fingerprint density at radius 3 is 2.20 bits per heavy atom. The summed E-state index contributed by atoms with van der Waals surface area (Å²) in [7, 11) is 2.09. The molecule has 0 atom stereocenters. The highest BCUT2D eigenvalue weighted by atomic mass is 32.1. The number of thiophene rings is 1. The number of fused-ring (bicyclic) bond motifs is 4. The van der Waals surface area contributed by atoms with Crippen LogP contribution in [0.15, 0.2) is 126 Å². The number of hydrogen-bond donors (Lipinski definition) is 0. The van der Waals surface area contributed by atoms with Crippen LogP contribution in [0.2, 0.25) is 0 Å². The van der Waals surface area contributed by atoms with Crippen LogP contribution >= 0.6 is 11.3 Å². The molecule has 0 aliphatic carbocycles. The van der Waals surface area contributed by atoms with E-state index in [2.05, 4.69) is 123 Å². The molecule has 0 aliphatic heterocycles. The first-order chi connectivity index (χ1) is 19.7. The normalized spacial score (nSPS) is 11.6. The Balaban J connectivity index is 1.41. The van der Waals surface area contributed by atoms with Crippen LogP contribution in [0.1, 0.15) is 0 Å². The first-order valence-corrected chi connectivity index (χ1v) is 14.2. The van der Waals surface area contributed by atoms with Crippen molar-refractivity contribution < 1.29 is 0 Å². The third-order valence-electron chi connectivity index (χ3n) is 7.73. The number of nitrogens with zero attached hydrogens (tertiary/aromatic N) is 4. The van der Waals surface area contributed by atoms with Gasteiger partial charge in [0.2, 0.25) is 0 Å². The van der Waals surface area contributed by atoms with Crippen molar-refractivity contribution in [3.63, 3.8) is 0 Å². The smallest absolute Gasteiger partial charge is 0.140 e. The highest BCUT2D eigenvalue weighted by Gasteiger charge is 2.17. The molecule has 0 fully saturated rings. The van der Waals surface area contributed by atoms with Gasteiger partial charge in [-0.1, -0.05) is 54.6 Å². The summed E-state index contributed by atoms with van der Waals surface area (Å²) in [5.74, 6) is 0.959. The molecule has 0 saturated heterocycles. The molecular weight excluding hydrogens is 508 g/mol. The molecular formula is C35H24N4S. The Morgan fingerprint density at radius 2 is 1.43 bits per heavy atom. The first-order valence-electron chi connectivity index (χ1n) is 13.3. The van der Waals surface area contributed by atoms with Gasteiger partial charge >= 0.3 is 0 Å². The van der Waals surface area contributed by atoms with E-state index in [0.29, 0.717) is 0 Å². The molecule has 190 valence electrons. The molecule has 0 unspecified atom stereocenters. The predicted molar refractivity (Wildman–Crippen MR) is 167 cm³/mol. The summed E-state index contributed by atoms with van der Waals surface area (Å²) >= 11 is 1.72. The Kier molecular flexibility index (Phi) is 5.18. The van der Waals surface area contributed by atoms with Gasteiger partial charge in [-0.05, 0) is 76.5 Å². The van der Waals surface area contributed by atoms with Crippen molar-refractivity contribution in [3.05, 3.63) is 126 Å². The number of hydrogen-bond acceptors (Lipinski definition) is 3. The van der Waals surface area contributed by atoms with Crippen LogP contribution in [-0.4, -0.2) is 19.1 Å². The van der Waals surface area contributed by atoms with E-state index in [0.717, 1.165) is 44.9 Å². The van der Waals surface area contributed by atoms with Gasteiger partial charge in [-0.2, -0.15) is 11.3 Å². The standard InChI is InChI=1S/C35H24N4S/c1-38-32-11-3-2-10-31(32)37-35(38)25-13-15-29-28-14-12-23(26-16-18-40-22-26)20-33(28)39(34(29)21-25)27-8-6-7-24(19-27)30-9-4-5-17-36-30/h2-22H,1H3. The molecule has 4 heterocycles. The quantitative estimate of drug-likeness (QED) is 0.227. The van der Waals surface area contributed by atoms with E-state index in [1.54, 1.807) is 11.3 Å². The molecule has 0 radical (unpaired) electrons. The average Bonchev–Trinajstić information content (AvgIpc) is 3.74. The lowest BCUT2D eigenvalue weighted by molar-refractivity contribution is 0.959. The number of aryl methyl sites for hydroxylation is 1. The predicted octanol–water partition coefficient (Wildman–Crippen LogP) is 9.13. The molecule has 40 heavy (non-hydrogen) atoms. The summed E-state index contributed by atoms with van der Waals surface area (Å²) in [4.78, 5) is 9.60. The van der Waals surface area contributed by atoms with Gasteiger partial charge in [0.1, 0.15) is 5.82 Å². The maximum Gasteiger partial charge on any atom is 0.140 e. The molecule has 0 aliphatic rings. The minimum absolute atomic E-state index is 0.959. The second-order valence-corrected chi connectivity index (χ2v) is 10.8. The Bertz CT molecular complexity index is 2170. The Hall–Kier alpha value is -5.00. The number of aromatic nitrogens is 4. The molecule has 0 amide bonds. The molecule has 8 rings (SSSR count). The molecule has 4 aromatic heterocycles. The van der Waals surface area contributed by atoms with Crippen LogP contribution < -0.4 is 0 Å². The van der Waals surface area contributed by atoms with E-state index < -0.39 is 0 Å². The molecule has 0 bridgehead atoms. The Morgan fingerprint density at radius 1 is 0.625 bits per heavy atom. The van der Waals surface area contributed by atoms with E-state index in [1.807, 2.05) is 24.4 Å². The van der Waals surface area contributed by atoms with Crippen LogP contribution in [0.4, 0.5) is 0 Å². The van der Waals surface area contributed by atoms with Gasteiger partial charge in [0.15, 0.2) is 0 Å². The fourth-order valence-corrected chi connectivity index (χ4v) is 6.45. The zero-order chi connectivity index (χ0) is 26.6. The number of pyridine rings is 1. The highest BCUT2D eigenvalue weighted by Crippen LogP contribution is 2.38. The minimum Gasteiger partial charge on any atom is -0.327 e. The largest absolute Gasteiger partial charge is 0.327 e. The lowest BCUT2D eigenvalue weighted by Gasteiger charge is -2.11. The van der Waals surface area contributed by atoms with Crippen LogP contribution in [0.5, 0.6) is 0 Å². The zero-order valence-electron chi connectivity index (χ0n) is 21.8. The van der Waals surface area contributed by atoms with Crippen molar-refractivity contribution in [2.45, 2.75) is 0 Å². The summed E-state index contributed by atoms with van der Waals surface area (Å²) in [6, 6.07) is 38.7. The zero-order valence-corrected chi connectivity index (χ0v) is 22.6. The number of imidazole rings is 1. The van der Waals surface area contributed by atoms with Gasteiger partial charge in [-0.25, -0.2) is 4.98 Å². The number of para-hydroxylation sites is 2. The number of benzene rings is 4. The molecule has 0 saturated carbocycles. The Labute approximate surface area is 235 Å². The van der Waals surface area contributed by atoms with Crippen LogP contribution in [0, 0.1) is 0 Å². The van der Waals surface area contributed by atoms with Crippen molar-refractivity contribution in [1.82, 2.24) is 19.1 Å². The first kappa shape index (κ1) is 22.9. The molecule has 5 heteroatoms. The topological polar surface area (TPSA) is 35.6 Å². The number of rotatable bonds is 4. The fourth-order valence-electron chi connectivity index (χ4n) is 5.79. The van der Waals surface area contributed by atoms with Crippen molar-refractivity contribution in [3.8, 4) is 39.5 Å². The second kappa shape index (κ2) is 9.04. The molecule has 8 aromatic rings. The van der Waals surface area contributed by atoms with E-state index in [1.165, 1.54) is 27.4 Å². The van der Waals surface area contributed by atoms with E-state index >= 15 is 0 Å². The highest BCUT2D eigenvalue weighted by molar-refractivity contribution is 7.08. The summed E-state index contributed by atoms with van der Waals surface area (Å²) in [6.45, 7) is 0. The average molecular weight is 533 g/mol. The third kappa shape index (κ3) is 3.59. The van der Waals surface area contributed by atoms with Gasteiger partial charge in [-0.15, -0.1) is 0 Å². The maximum atomic E-state index is 4.99. The van der Waals surface area contributed by atoms with Gasteiger partial charge in [-0.3, -0.25) is 4.98 Å². The molecule has 4 aromatic carbocycles. The lowest BCUT2D eigenvalue weighted by Crippen LogP contribution is -1.96. The molecule has 0 spiro atoms. The van der Waals surface area contributed by atoms with Gasteiger partial charge in [0.25, 0.3) is 0 Å². The third-order valence-corrected chi connectivity index (χ3v) is 8.42. The van der Waals surface area contributed by atoms with Gasteiger partial charge in [0, 0.05) is 40.8 Å². The summed E-state index contributed by atoms with van der Waals surface area (Å²) in [5.41, 5.74) is 11.2. The van der Waals surface area contributed by atoms with Gasteiger partial charge in [0.05, 0.1) is 27.8 Å². The van der Waals surface area contributed by atoms with Crippen molar-refractivity contribution >= 4 is 44.2 Å². The molecule has 0 N–H and O–H groups in total. The molecule has 4 nitrogen and oxygen atoms in total. The second-order valence-electron chi connectivity index (χ2n) is 10.1. The lowest BCUT2D eigenvalue weighted by atomic mass is 10.1. The van der Waals surface area contributed by atoms with Gasteiger partial charge < -0.3 is 9.13 Å². The van der Waals surface area contributed by atoms with Crippen molar-refractivity contribution in [2.24, 2.45) is 7.05 Å². The van der Waals surface area contributed by atoms with E-state index in [9.17, 15) is 0 Å². The van der Waals surface area contributed by atoms with Crippen LogP contribution in [0.25, 0.3) is 72.3 Å². The van der Waals surface area contributed by atoms with E-state index in [-0.39, 0.29) is 0 Å². The summed E-state index contributed by atoms with van der Waals surface area (Å²) in [5, 5.41) is 6.79. The van der Waals surface area contributed by atoms with Crippen molar-refractivity contribution in [1.29, 1.82) is 0 Å². The monoisotopic (exact) mass is 532 g/mol. The SMILES string of the molecule is Cn1c(-c2ccc3c4ccc(-c5ccsc5)cc4n(-c4cccc(-c5ccccn5)c4)c3c2)nc2ccccc21. The minimum atomic E-state index is 0.959. The summed E-state index contributed by atoms with van der Waals surface area (Å²) in [6.07, 6.45) is 1.85. The maximum absolute atomic E-state index is 4.99.